The summed E-state index contributed by atoms with van der Waals surface area (Å²) in [7, 11) is 0. The van der Waals surface area contributed by atoms with Crippen molar-refractivity contribution in [1.82, 2.24) is 34.0 Å². The van der Waals surface area contributed by atoms with Gasteiger partial charge in [-0.3, -0.25) is 14.4 Å². The Kier molecular flexibility index (Phi) is 9.50. The first-order valence-corrected chi connectivity index (χ1v) is 16.4. The number of nitrogens with zero attached hydrogens (tertiary/aromatic N) is 7. The van der Waals surface area contributed by atoms with E-state index in [1.54, 1.807) is 29.4 Å². The Morgan fingerprint density at radius 1 is 1.22 bits per heavy atom. The van der Waals surface area contributed by atoms with Crippen LogP contribution in [-0.2, 0) is 28.7 Å². The molecule has 1 saturated heterocycles. The molecular weight excluding hydrogens is 693 g/mol. The van der Waals surface area contributed by atoms with Crippen LogP contribution in [0, 0.1) is 6.92 Å². The average molecular weight is 727 g/mol. The van der Waals surface area contributed by atoms with Crippen molar-refractivity contribution in [2.24, 2.45) is 0 Å². The number of anilines is 1. The topological polar surface area (TPSA) is 157 Å². The molecule has 0 bridgehead atoms. The van der Waals surface area contributed by atoms with E-state index in [2.05, 4.69) is 25.4 Å². The summed E-state index contributed by atoms with van der Waals surface area (Å²) in [6.07, 6.45) is 1.27. The van der Waals surface area contributed by atoms with Gasteiger partial charge in [-0.2, -0.15) is 22.7 Å². The summed E-state index contributed by atoms with van der Waals surface area (Å²) in [5.74, 6) is -1.06. The minimum Gasteiger partial charge on any atom is -0.504 e. The highest BCUT2D eigenvalue weighted by Gasteiger charge is 2.40. The number of hydrogen-bond donors (Lipinski definition) is 2. The Balaban J connectivity index is 1.42. The van der Waals surface area contributed by atoms with E-state index in [-0.39, 0.29) is 58.7 Å². The summed E-state index contributed by atoms with van der Waals surface area (Å²) >= 11 is 6.12. The fourth-order valence-corrected chi connectivity index (χ4v) is 6.55. The highest BCUT2D eigenvalue weighted by molar-refractivity contribution is 6.33. The van der Waals surface area contributed by atoms with Crippen LogP contribution in [0.5, 0.6) is 5.75 Å². The molecular formula is C34H34ClF3N8O5. The lowest BCUT2D eigenvalue weighted by molar-refractivity contribution is -0.137. The molecule has 6 rings (SSSR count). The summed E-state index contributed by atoms with van der Waals surface area (Å²) in [5, 5.41) is 17.3. The molecule has 0 atom stereocenters. The van der Waals surface area contributed by atoms with E-state index in [0.29, 0.717) is 37.6 Å². The van der Waals surface area contributed by atoms with Crippen molar-refractivity contribution in [2.75, 3.05) is 25.1 Å². The van der Waals surface area contributed by atoms with Crippen LogP contribution >= 0.6 is 11.6 Å². The molecule has 2 amide bonds. The highest BCUT2D eigenvalue weighted by Crippen LogP contribution is 2.36. The predicted molar refractivity (Wildman–Crippen MR) is 181 cm³/mol. The van der Waals surface area contributed by atoms with Gasteiger partial charge >= 0.3 is 6.18 Å². The summed E-state index contributed by atoms with van der Waals surface area (Å²) in [6.45, 7) is 7.62. The van der Waals surface area contributed by atoms with Gasteiger partial charge in [0, 0.05) is 17.8 Å². The van der Waals surface area contributed by atoms with Crippen LogP contribution in [0.3, 0.4) is 0 Å². The third-order valence-corrected chi connectivity index (χ3v) is 9.21. The van der Waals surface area contributed by atoms with E-state index in [4.69, 9.17) is 16.3 Å². The number of alkyl halides is 3. The van der Waals surface area contributed by atoms with Crippen LogP contribution in [0.2, 0.25) is 5.02 Å². The number of carbonyl (C=O) groups excluding carboxylic acids is 2. The van der Waals surface area contributed by atoms with Crippen molar-refractivity contribution in [1.29, 1.82) is 0 Å². The SMILES string of the molecule is CCc1c(/C=C2/CN(C(=O)c3ncnc(C)c3O)C(C)(C)C2)c(=O)n2nc(C3=CCOCC3)nc2n1CC(=O)Nc1ccc(C(F)(F)F)cc1Cl. The van der Waals surface area contributed by atoms with Crippen molar-refractivity contribution >= 4 is 46.5 Å². The molecule has 3 aromatic heterocycles. The molecule has 13 nitrogen and oxygen atoms in total. The maximum absolute atomic E-state index is 14.2. The lowest BCUT2D eigenvalue weighted by atomic mass is 9.98. The van der Waals surface area contributed by atoms with Crippen LogP contribution in [0.4, 0.5) is 18.9 Å². The zero-order valence-electron chi connectivity index (χ0n) is 28.1. The number of likely N-dealkylation sites (tertiary alicyclic amines) is 1. The molecule has 0 saturated carbocycles. The second kappa shape index (κ2) is 13.6. The van der Waals surface area contributed by atoms with E-state index < -0.39 is 34.7 Å². The van der Waals surface area contributed by atoms with E-state index in [1.807, 2.05) is 19.9 Å². The van der Waals surface area contributed by atoms with Crippen molar-refractivity contribution in [3.8, 4) is 5.75 Å². The second-order valence-corrected chi connectivity index (χ2v) is 13.3. The van der Waals surface area contributed by atoms with Gasteiger partial charge in [0.1, 0.15) is 12.9 Å². The largest absolute Gasteiger partial charge is 0.504 e. The fourth-order valence-electron chi connectivity index (χ4n) is 6.33. The number of aromatic nitrogens is 6. The molecule has 4 aromatic rings. The fraction of sp³-hybridized carbons (Fsp3) is 0.382. The molecule has 0 radical (unpaired) electrons. The summed E-state index contributed by atoms with van der Waals surface area (Å²) < 4.78 is 47.7. The minimum absolute atomic E-state index is 0.0236. The molecule has 268 valence electrons. The third-order valence-electron chi connectivity index (χ3n) is 8.90. The Morgan fingerprint density at radius 3 is 2.65 bits per heavy atom. The number of fused-ring (bicyclic) bond motifs is 1. The molecule has 2 aliphatic heterocycles. The van der Waals surface area contributed by atoms with Crippen molar-refractivity contribution in [3.05, 3.63) is 85.6 Å². The third kappa shape index (κ3) is 6.97. The molecule has 2 aliphatic rings. The Morgan fingerprint density at radius 2 is 1.98 bits per heavy atom. The van der Waals surface area contributed by atoms with Crippen molar-refractivity contribution in [2.45, 2.75) is 65.2 Å². The number of aromatic hydroxyl groups is 1. The van der Waals surface area contributed by atoms with E-state index in [9.17, 15) is 32.7 Å². The molecule has 51 heavy (non-hydrogen) atoms. The Labute approximate surface area is 294 Å². The highest BCUT2D eigenvalue weighted by atomic mass is 35.5. The second-order valence-electron chi connectivity index (χ2n) is 12.9. The van der Waals surface area contributed by atoms with E-state index >= 15 is 0 Å². The number of hydrogen-bond acceptors (Lipinski definition) is 9. The first-order chi connectivity index (χ1) is 24.1. The number of carbonyl (C=O) groups is 2. The summed E-state index contributed by atoms with van der Waals surface area (Å²) in [4.78, 5) is 55.4. The first kappa shape index (κ1) is 35.7. The van der Waals surface area contributed by atoms with Crippen molar-refractivity contribution < 1.29 is 32.6 Å². The molecule has 2 N–H and O–H groups in total. The summed E-state index contributed by atoms with van der Waals surface area (Å²) in [6, 6.07) is 2.62. The average Bonchev–Trinajstić information content (AvgIpc) is 3.66. The normalized spacial score (nSPS) is 16.9. The predicted octanol–water partition coefficient (Wildman–Crippen LogP) is 5.08. The molecule has 5 heterocycles. The number of rotatable bonds is 7. The quantitative estimate of drug-likeness (QED) is 0.265. The van der Waals surface area contributed by atoms with Crippen LogP contribution in [0.25, 0.3) is 17.4 Å². The smallest absolute Gasteiger partial charge is 0.416 e. The standard InChI is InChI=1S/C34H34ClF3N8O5/c1-5-25-22(12-19-14-33(3,4)45(15-19)31(50)27-28(48)18(2)39-17-40-27)30(49)46-32(42-29(43-46)20-8-10-51-11-9-20)44(25)16-26(47)41-24-7-6-21(13-23(24)35)34(36,37)38/h6-8,12-13,17,48H,5,9-11,14-16H2,1-4H3,(H,41,47)/b19-12+. The van der Waals surface area contributed by atoms with Gasteiger partial charge < -0.3 is 24.6 Å². The van der Waals surface area contributed by atoms with Gasteiger partial charge in [-0.15, -0.1) is 5.10 Å². The van der Waals surface area contributed by atoms with Gasteiger partial charge in [0.05, 0.1) is 40.7 Å². The number of amides is 2. The first-order valence-electron chi connectivity index (χ1n) is 16.1. The molecule has 0 unspecified atom stereocenters. The maximum atomic E-state index is 14.2. The Hall–Kier alpha value is -5.09. The molecule has 1 aromatic carbocycles. The van der Waals surface area contributed by atoms with Gasteiger partial charge in [0.15, 0.2) is 17.3 Å². The lowest BCUT2D eigenvalue weighted by Crippen LogP contribution is -2.43. The number of aryl methyl sites for hydroxylation is 1. The van der Waals surface area contributed by atoms with Crippen LogP contribution in [-0.4, -0.2) is 76.3 Å². The van der Waals surface area contributed by atoms with Gasteiger partial charge in [-0.25, -0.2) is 9.97 Å². The van der Waals surface area contributed by atoms with Gasteiger partial charge in [-0.1, -0.05) is 24.6 Å². The maximum Gasteiger partial charge on any atom is 0.416 e. The van der Waals surface area contributed by atoms with Gasteiger partial charge in [0.2, 0.25) is 11.7 Å². The van der Waals surface area contributed by atoms with Crippen LogP contribution in [0.1, 0.15) is 72.4 Å². The summed E-state index contributed by atoms with van der Waals surface area (Å²) in [5.41, 5.74) is 0.0944. The minimum atomic E-state index is -4.62. The number of ether oxygens (including phenoxy) is 1. The zero-order chi connectivity index (χ0) is 36.8. The van der Waals surface area contributed by atoms with Gasteiger partial charge in [0.25, 0.3) is 11.5 Å². The van der Waals surface area contributed by atoms with E-state index in [0.717, 1.165) is 33.9 Å². The number of halogens is 4. The molecule has 17 heteroatoms. The monoisotopic (exact) mass is 726 g/mol. The molecule has 0 spiro atoms. The number of benzene rings is 1. The molecule has 1 fully saturated rings. The lowest BCUT2D eigenvalue weighted by Gasteiger charge is -2.30. The van der Waals surface area contributed by atoms with Crippen LogP contribution in [0.15, 0.2) is 41.0 Å². The molecule has 0 aliphatic carbocycles. The Bertz CT molecular complexity index is 2190. The number of nitrogens with one attached hydrogen (secondary N) is 1. The van der Waals surface area contributed by atoms with Gasteiger partial charge in [-0.05, 0) is 75.5 Å². The van der Waals surface area contributed by atoms with Crippen LogP contribution < -0.4 is 10.9 Å². The van der Waals surface area contributed by atoms with Crippen molar-refractivity contribution in [3.63, 3.8) is 0 Å². The zero-order valence-corrected chi connectivity index (χ0v) is 28.9. The van der Waals surface area contributed by atoms with E-state index in [1.165, 1.54) is 6.33 Å².